The molecule has 2 heterocycles. The summed E-state index contributed by atoms with van der Waals surface area (Å²) in [5, 5.41) is 22.4. The second kappa shape index (κ2) is 10.3. The van der Waals surface area contributed by atoms with Crippen molar-refractivity contribution in [2.45, 2.75) is 58.0 Å². The Balaban J connectivity index is 1.68. The molecule has 1 aliphatic carbocycles. The Morgan fingerprint density at radius 3 is 2.68 bits per heavy atom. The maximum absolute atomic E-state index is 12.7. The molecule has 0 saturated carbocycles. The molecule has 7 heteroatoms. The van der Waals surface area contributed by atoms with Crippen LogP contribution < -0.4 is 14.2 Å². The van der Waals surface area contributed by atoms with Crippen molar-refractivity contribution in [2.24, 2.45) is 11.8 Å². The molecule has 2 N–H and O–H groups in total. The third-order valence-electron chi connectivity index (χ3n) is 8.05. The Labute approximate surface area is 223 Å². The second-order valence-corrected chi connectivity index (χ2v) is 10.5. The summed E-state index contributed by atoms with van der Waals surface area (Å²) in [6.45, 7) is 6.06. The standard InChI is InChI=1S/C31H35NO6/c1-5-6-7-22-9-11-24-28(20-8-13-26-27(16-20)38-17-37-26)19(3)31(35,29(24)32-22)25-12-10-23(36-4)15-21(25)14-18(2)30(33)34/h8-13,15-16,18-19,28,35H,5-7,14,17H2,1-4H3,(H,33,34)/t18-,19+,28?,31?/m0/s1. The molecular formula is C31H35NO6. The zero-order chi connectivity index (χ0) is 27.0. The van der Waals surface area contributed by atoms with Gasteiger partial charge in [0.05, 0.1) is 18.7 Å². The van der Waals surface area contributed by atoms with E-state index >= 15 is 0 Å². The van der Waals surface area contributed by atoms with E-state index in [1.54, 1.807) is 14.0 Å². The molecule has 0 amide bonds. The summed E-state index contributed by atoms with van der Waals surface area (Å²) in [6, 6.07) is 15.6. The fraction of sp³-hybridized carbons (Fsp3) is 0.419. The highest BCUT2D eigenvalue weighted by Gasteiger charge is 2.53. The number of nitrogens with zero attached hydrogens (tertiary/aromatic N) is 1. The van der Waals surface area contributed by atoms with E-state index in [-0.39, 0.29) is 25.0 Å². The molecule has 4 atom stereocenters. The number of ether oxygens (including phenoxy) is 3. The van der Waals surface area contributed by atoms with Crippen LogP contribution in [-0.2, 0) is 23.2 Å². The van der Waals surface area contributed by atoms with E-state index in [4.69, 9.17) is 19.2 Å². The van der Waals surface area contributed by atoms with Gasteiger partial charge in [-0.2, -0.15) is 0 Å². The van der Waals surface area contributed by atoms with Crippen molar-refractivity contribution in [3.63, 3.8) is 0 Å². The summed E-state index contributed by atoms with van der Waals surface area (Å²) < 4.78 is 16.7. The topological polar surface area (TPSA) is 98.1 Å². The van der Waals surface area contributed by atoms with E-state index in [9.17, 15) is 15.0 Å². The van der Waals surface area contributed by atoms with Crippen LogP contribution in [0.1, 0.15) is 73.2 Å². The maximum atomic E-state index is 12.7. The Hall–Kier alpha value is -3.58. The minimum atomic E-state index is -1.43. The van der Waals surface area contributed by atoms with Crippen molar-refractivity contribution in [1.82, 2.24) is 4.98 Å². The first-order valence-corrected chi connectivity index (χ1v) is 13.3. The molecule has 7 nitrogen and oxygen atoms in total. The zero-order valence-electron chi connectivity index (χ0n) is 22.4. The number of aliphatic hydroxyl groups is 1. The molecule has 2 aliphatic rings. The third-order valence-corrected chi connectivity index (χ3v) is 8.05. The number of pyridine rings is 1. The van der Waals surface area contributed by atoms with Gasteiger partial charge in [0, 0.05) is 17.5 Å². The van der Waals surface area contributed by atoms with Crippen LogP contribution in [-0.4, -0.2) is 35.1 Å². The van der Waals surface area contributed by atoms with E-state index < -0.39 is 17.5 Å². The quantitative estimate of drug-likeness (QED) is 0.390. The summed E-state index contributed by atoms with van der Waals surface area (Å²) in [5.74, 6) is 0.0663. The first kappa shape index (κ1) is 26.0. The number of fused-ring (bicyclic) bond motifs is 2. The number of aliphatic carboxylic acids is 1. The van der Waals surface area contributed by atoms with Gasteiger partial charge in [-0.15, -0.1) is 0 Å². The van der Waals surface area contributed by atoms with Gasteiger partial charge in [0.1, 0.15) is 11.4 Å². The van der Waals surface area contributed by atoms with Gasteiger partial charge in [-0.1, -0.05) is 45.4 Å². The van der Waals surface area contributed by atoms with Crippen molar-refractivity contribution in [1.29, 1.82) is 0 Å². The predicted molar refractivity (Wildman–Crippen MR) is 143 cm³/mol. The van der Waals surface area contributed by atoms with E-state index in [0.29, 0.717) is 28.5 Å². The lowest BCUT2D eigenvalue weighted by molar-refractivity contribution is -0.141. The monoisotopic (exact) mass is 517 g/mol. The van der Waals surface area contributed by atoms with Crippen molar-refractivity contribution in [2.75, 3.05) is 13.9 Å². The molecule has 38 heavy (non-hydrogen) atoms. The molecule has 5 rings (SSSR count). The number of methoxy groups -OCH3 is 1. The summed E-state index contributed by atoms with van der Waals surface area (Å²) in [6.07, 6.45) is 3.15. The molecule has 1 aromatic heterocycles. The number of benzene rings is 2. The molecule has 0 fully saturated rings. The average Bonchev–Trinajstić information content (AvgIpc) is 3.47. The Morgan fingerprint density at radius 1 is 1.16 bits per heavy atom. The van der Waals surface area contributed by atoms with Gasteiger partial charge in [0.15, 0.2) is 11.5 Å². The predicted octanol–water partition coefficient (Wildman–Crippen LogP) is 5.44. The SMILES string of the molecule is CCCCc1ccc2c(n1)C(O)(c1ccc(OC)cc1C[C@H](C)C(=O)O)[C@H](C)C2c1ccc2c(c1)OCO2. The fourth-order valence-electron chi connectivity index (χ4n) is 5.89. The highest BCUT2D eigenvalue weighted by atomic mass is 16.7. The van der Waals surface area contributed by atoms with Gasteiger partial charge in [-0.25, -0.2) is 0 Å². The number of rotatable bonds is 9. The first-order chi connectivity index (χ1) is 18.3. The van der Waals surface area contributed by atoms with Crippen LogP contribution in [0.4, 0.5) is 0 Å². The van der Waals surface area contributed by atoms with Gasteiger partial charge in [0.25, 0.3) is 0 Å². The second-order valence-electron chi connectivity index (χ2n) is 10.5. The minimum Gasteiger partial charge on any atom is -0.497 e. The molecule has 0 bridgehead atoms. The number of carboxylic acid groups (broad SMARTS) is 1. The van der Waals surface area contributed by atoms with Crippen LogP contribution in [0.3, 0.4) is 0 Å². The van der Waals surface area contributed by atoms with E-state index in [1.165, 1.54) is 0 Å². The lowest BCUT2D eigenvalue weighted by Gasteiger charge is -2.33. The number of aromatic nitrogens is 1. The zero-order valence-corrected chi connectivity index (χ0v) is 22.4. The number of hydrogen-bond donors (Lipinski definition) is 2. The van der Waals surface area contributed by atoms with Crippen molar-refractivity contribution in [3.05, 3.63) is 82.2 Å². The van der Waals surface area contributed by atoms with Crippen LogP contribution in [0.2, 0.25) is 0 Å². The van der Waals surface area contributed by atoms with Crippen LogP contribution in [0.5, 0.6) is 17.2 Å². The highest BCUT2D eigenvalue weighted by Crippen LogP contribution is 2.56. The molecule has 0 saturated heterocycles. The normalized spacial score (nSPS) is 22.2. The van der Waals surface area contributed by atoms with Gasteiger partial charge in [0.2, 0.25) is 6.79 Å². The van der Waals surface area contributed by atoms with Crippen molar-refractivity contribution < 1.29 is 29.2 Å². The molecule has 3 aromatic rings. The van der Waals surface area contributed by atoms with E-state index in [1.807, 2.05) is 43.3 Å². The van der Waals surface area contributed by atoms with Gasteiger partial charge < -0.3 is 24.4 Å². The van der Waals surface area contributed by atoms with Crippen LogP contribution in [0, 0.1) is 11.8 Å². The number of carbonyl (C=O) groups is 1. The van der Waals surface area contributed by atoms with Gasteiger partial charge in [-0.05, 0) is 71.8 Å². The van der Waals surface area contributed by atoms with Gasteiger partial charge >= 0.3 is 5.97 Å². The first-order valence-electron chi connectivity index (χ1n) is 13.3. The Bertz CT molecular complexity index is 1350. The van der Waals surface area contributed by atoms with Crippen LogP contribution in [0.15, 0.2) is 48.5 Å². The lowest BCUT2D eigenvalue weighted by Crippen LogP contribution is -2.35. The highest BCUT2D eigenvalue weighted by molar-refractivity contribution is 5.70. The largest absolute Gasteiger partial charge is 0.497 e. The molecule has 0 spiro atoms. The van der Waals surface area contributed by atoms with Crippen molar-refractivity contribution >= 4 is 5.97 Å². The Kier molecular flexibility index (Phi) is 7.05. The molecule has 1 aliphatic heterocycles. The van der Waals surface area contributed by atoms with E-state index in [2.05, 4.69) is 19.1 Å². The van der Waals surface area contributed by atoms with E-state index in [0.717, 1.165) is 41.6 Å². The third kappa shape index (κ3) is 4.39. The number of carboxylic acids is 1. The number of hydrogen-bond acceptors (Lipinski definition) is 6. The number of unbranched alkanes of at least 4 members (excludes halogenated alkanes) is 1. The summed E-state index contributed by atoms with van der Waals surface area (Å²) in [7, 11) is 1.58. The Morgan fingerprint density at radius 2 is 1.95 bits per heavy atom. The van der Waals surface area contributed by atoms with Crippen molar-refractivity contribution in [3.8, 4) is 17.2 Å². The van der Waals surface area contributed by atoms with Crippen LogP contribution >= 0.6 is 0 Å². The molecule has 0 radical (unpaired) electrons. The smallest absolute Gasteiger partial charge is 0.306 e. The molecule has 2 aromatic carbocycles. The molecule has 2 unspecified atom stereocenters. The number of aryl methyl sites for hydroxylation is 1. The van der Waals surface area contributed by atoms with Crippen LogP contribution in [0.25, 0.3) is 0 Å². The molecule has 200 valence electrons. The van der Waals surface area contributed by atoms with Gasteiger partial charge in [-0.3, -0.25) is 9.78 Å². The minimum absolute atomic E-state index is 0.149. The lowest BCUT2D eigenvalue weighted by atomic mass is 9.76. The fourth-order valence-corrected chi connectivity index (χ4v) is 5.89. The maximum Gasteiger partial charge on any atom is 0.306 e. The summed E-state index contributed by atoms with van der Waals surface area (Å²) in [4.78, 5) is 16.8. The average molecular weight is 518 g/mol. The molecular weight excluding hydrogens is 482 g/mol. The summed E-state index contributed by atoms with van der Waals surface area (Å²) >= 11 is 0. The summed E-state index contributed by atoms with van der Waals surface area (Å²) in [5.41, 5.74) is 3.53.